The number of rotatable bonds is 7. The zero-order chi connectivity index (χ0) is 25.3. The number of aliphatic hydroxyl groups excluding tert-OH is 11. The Balaban J connectivity index is 1.59. The summed E-state index contributed by atoms with van der Waals surface area (Å²) in [4.78, 5) is 0. The van der Waals surface area contributed by atoms with E-state index in [1.165, 1.54) is 0 Å². The number of ether oxygens (including phenoxy) is 5. The molecule has 3 fully saturated rings. The number of hydrogen-bond donors (Lipinski definition) is 11. The molecule has 16 nitrogen and oxygen atoms in total. The monoisotopic (exact) mass is 504 g/mol. The molecule has 0 amide bonds. The molecule has 0 bridgehead atoms. The van der Waals surface area contributed by atoms with Crippen molar-refractivity contribution in [1.29, 1.82) is 0 Å². The van der Waals surface area contributed by atoms with Crippen LogP contribution in [0.5, 0.6) is 0 Å². The van der Waals surface area contributed by atoms with Crippen LogP contribution in [0.3, 0.4) is 0 Å². The molecule has 0 aromatic carbocycles. The average Bonchev–Trinajstić information content (AvgIpc) is 2.82. The maximum absolute atomic E-state index is 10.4. The van der Waals surface area contributed by atoms with Crippen LogP contribution in [0.25, 0.3) is 0 Å². The number of aliphatic hydroxyl groups is 11. The van der Waals surface area contributed by atoms with Gasteiger partial charge >= 0.3 is 0 Å². The maximum atomic E-state index is 10.4. The molecule has 11 N–H and O–H groups in total. The quantitative estimate of drug-likeness (QED) is 0.154. The van der Waals surface area contributed by atoms with Crippen LogP contribution in [0.15, 0.2) is 0 Å². The standard InChI is InChI=1S/C18H32O16/c19-1-4-7(21)10(24)13(27)17(32-4)30-3-6-9(23)12(26)15(16(29)31-6)34-18-14(28)11(25)8(22)5(2-20)33-18/h4-29H,1-3H2/t4-,5-,6-,7-,8-,9-,10+,11+,12+,13-,14-,15-,16-,17+,18+/m1/s1. The van der Waals surface area contributed by atoms with Gasteiger partial charge in [-0.2, -0.15) is 0 Å². The van der Waals surface area contributed by atoms with Crippen molar-refractivity contribution < 1.29 is 79.9 Å². The fourth-order valence-corrected chi connectivity index (χ4v) is 3.94. The molecule has 0 spiro atoms. The molecule has 3 aliphatic heterocycles. The molecule has 15 atom stereocenters. The molecule has 0 unspecified atom stereocenters. The third-order valence-electron chi connectivity index (χ3n) is 6.08. The highest BCUT2D eigenvalue weighted by molar-refractivity contribution is 4.94. The maximum Gasteiger partial charge on any atom is 0.187 e. The van der Waals surface area contributed by atoms with Gasteiger partial charge in [0.05, 0.1) is 19.8 Å². The Morgan fingerprint density at radius 2 is 0.971 bits per heavy atom. The first kappa shape index (κ1) is 27.9. The number of hydrogen-bond acceptors (Lipinski definition) is 16. The van der Waals surface area contributed by atoms with E-state index in [4.69, 9.17) is 23.7 Å². The van der Waals surface area contributed by atoms with Crippen molar-refractivity contribution in [3.05, 3.63) is 0 Å². The molecule has 3 aliphatic rings. The van der Waals surface area contributed by atoms with E-state index >= 15 is 0 Å². The van der Waals surface area contributed by atoms with Crippen molar-refractivity contribution in [3.8, 4) is 0 Å². The van der Waals surface area contributed by atoms with Crippen LogP contribution < -0.4 is 0 Å². The normalized spacial score (nSPS) is 52.5. The first-order chi connectivity index (χ1) is 16.0. The van der Waals surface area contributed by atoms with Crippen LogP contribution in [0.1, 0.15) is 0 Å². The van der Waals surface area contributed by atoms with Gasteiger partial charge in [0.2, 0.25) is 0 Å². The highest BCUT2D eigenvalue weighted by atomic mass is 16.7. The van der Waals surface area contributed by atoms with Crippen molar-refractivity contribution in [2.24, 2.45) is 0 Å². The van der Waals surface area contributed by atoms with E-state index in [9.17, 15) is 56.2 Å². The van der Waals surface area contributed by atoms with Gasteiger partial charge in [-0.05, 0) is 0 Å². The second-order valence-electron chi connectivity index (χ2n) is 8.37. The molecule has 0 radical (unpaired) electrons. The van der Waals surface area contributed by atoms with Gasteiger partial charge in [-0.25, -0.2) is 0 Å². The molecule has 3 saturated heterocycles. The minimum atomic E-state index is -1.92. The largest absolute Gasteiger partial charge is 0.394 e. The summed E-state index contributed by atoms with van der Waals surface area (Å²) in [5.74, 6) is 0. The van der Waals surface area contributed by atoms with Crippen molar-refractivity contribution >= 4 is 0 Å². The van der Waals surface area contributed by atoms with Gasteiger partial charge in [-0.15, -0.1) is 0 Å². The molecular formula is C18H32O16. The van der Waals surface area contributed by atoms with Crippen molar-refractivity contribution in [2.75, 3.05) is 19.8 Å². The summed E-state index contributed by atoms with van der Waals surface area (Å²) in [6.45, 7) is -2.02. The molecule has 3 heterocycles. The summed E-state index contributed by atoms with van der Waals surface area (Å²) >= 11 is 0. The van der Waals surface area contributed by atoms with E-state index in [1.54, 1.807) is 0 Å². The Morgan fingerprint density at radius 1 is 0.500 bits per heavy atom. The van der Waals surface area contributed by atoms with Crippen molar-refractivity contribution in [1.82, 2.24) is 0 Å². The summed E-state index contributed by atoms with van der Waals surface area (Å²) in [5.41, 5.74) is 0. The third-order valence-corrected chi connectivity index (χ3v) is 6.08. The van der Waals surface area contributed by atoms with E-state index in [2.05, 4.69) is 0 Å². The van der Waals surface area contributed by atoms with Crippen LogP contribution in [0, 0.1) is 0 Å². The molecule has 16 heteroatoms. The fourth-order valence-electron chi connectivity index (χ4n) is 3.94. The fraction of sp³-hybridized carbons (Fsp3) is 1.00. The van der Waals surface area contributed by atoms with Gasteiger partial charge in [0.25, 0.3) is 0 Å². The Labute approximate surface area is 192 Å². The van der Waals surface area contributed by atoms with Crippen molar-refractivity contribution in [2.45, 2.75) is 92.1 Å². The average molecular weight is 504 g/mol. The first-order valence-electron chi connectivity index (χ1n) is 10.6. The molecule has 0 aromatic rings. The van der Waals surface area contributed by atoms with Crippen LogP contribution >= 0.6 is 0 Å². The van der Waals surface area contributed by atoms with Crippen LogP contribution in [0.2, 0.25) is 0 Å². The Bertz CT molecular complexity index is 635. The van der Waals surface area contributed by atoms with Crippen molar-refractivity contribution in [3.63, 3.8) is 0 Å². The zero-order valence-electron chi connectivity index (χ0n) is 17.7. The topological polar surface area (TPSA) is 269 Å². The Hall–Kier alpha value is -0.640. The van der Waals surface area contributed by atoms with E-state index in [0.717, 1.165) is 0 Å². The summed E-state index contributed by atoms with van der Waals surface area (Å²) in [5, 5.41) is 109. The lowest BCUT2D eigenvalue weighted by Crippen LogP contribution is -2.64. The molecule has 0 aromatic heterocycles. The van der Waals surface area contributed by atoms with E-state index in [-0.39, 0.29) is 0 Å². The summed E-state index contributed by atoms with van der Waals surface area (Å²) < 4.78 is 26.0. The van der Waals surface area contributed by atoms with Gasteiger partial charge in [0.1, 0.15) is 73.2 Å². The van der Waals surface area contributed by atoms with E-state index in [0.29, 0.717) is 0 Å². The molecule has 34 heavy (non-hydrogen) atoms. The second-order valence-corrected chi connectivity index (χ2v) is 8.37. The molecule has 3 rings (SSSR count). The Morgan fingerprint density at radius 3 is 1.50 bits per heavy atom. The van der Waals surface area contributed by atoms with E-state index < -0.39 is 112 Å². The summed E-state index contributed by atoms with van der Waals surface area (Å²) in [7, 11) is 0. The summed E-state index contributed by atoms with van der Waals surface area (Å²) in [6, 6.07) is 0. The lowest BCUT2D eigenvalue weighted by molar-refractivity contribution is -0.366. The molecule has 0 saturated carbocycles. The molecule has 200 valence electrons. The minimum absolute atomic E-state index is 0.593. The van der Waals surface area contributed by atoms with Crippen LogP contribution in [-0.2, 0) is 23.7 Å². The predicted molar refractivity (Wildman–Crippen MR) is 101 cm³/mol. The lowest BCUT2D eigenvalue weighted by Gasteiger charge is -2.45. The van der Waals surface area contributed by atoms with Gasteiger partial charge in [-0.3, -0.25) is 0 Å². The van der Waals surface area contributed by atoms with Crippen LogP contribution in [0.4, 0.5) is 0 Å². The first-order valence-corrected chi connectivity index (χ1v) is 10.6. The van der Waals surface area contributed by atoms with Gasteiger partial charge in [-0.1, -0.05) is 0 Å². The zero-order valence-corrected chi connectivity index (χ0v) is 17.7. The smallest absolute Gasteiger partial charge is 0.187 e. The van der Waals surface area contributed by atoms with Gasteiger partial charge < -0.3 is 79.9 Å². The van der Waals surface area contributed by atoms with Gasteiger partial charge in [0, 0.05) is 0 Å². The third kappa shape index (κ3) is 5.52. The van der Waals surface area contributed by atoms with Gasteiger partial charge in [0.15, 0.2) is 18.9 Å². The molecule has 0 aliphatic carbocycles. The SMILES string of the molecule is OC[C@H]1O[C@@H](O[C@@H]2[C@@H](O)[C@H](O)[C@@H](CO[C@H]3O[C@H](CO)[C@@H](O)[C@H](O)[C@H]3O)O[C@H]2O)[C@H](O)[C@@H](O)[C@@H]1O. The highest BCUT2D eigenvalue weighted by Gasteiger charge is 2.51. The summed E-state index contributed by atoms with van der Waals surface area (Å²) in [6.07, 6.45) is -24.8. The minimum Gasteiger partial charge on any atom is -0.394 e. The lowest BCUT2D eigenvalue weighted by atomic mass is 9.97. The van der Waals surface area contributed by atoms with E-state index in [1.807, 2.05) is 0 Å². The highest BCUT2D eigenvalue weighted by Crippen LogP contribution is 2.29. The second kappa shape index (κ2) is 11.6. The predicted octanol–water partition coefficient (Wildman–Crippen LogP) is -7.57. The van der Waals surface area contributed by atoms with Crippen LogP contribution in [-0.4, -0.2) is 168 Å². The Kier molecular flexibility index (Phi) is 9.54. The molecular weight excluding hydrogens is 472 g/mol.